The summed E-state index contributed by atoms with van der Waals surface area (Å²) in [5.74, 6) is -0.977. The molecule has 0 aliphatic heterocycles. The quantitative estimate of drug-likeness (QED) is 0.890. The first-order chi connectivity index (χ1) is 9.58. The van der Waals surface area contributed by atoms with Crippen molar-refractivity contribution in [3.05, 3.63) is 44.6 Å². The van der Waals surface area contributed by atoms with Crippen LogP contribution >= 0.6 is 27.5 Å². The van der Waals surface area contributed by atoms with E-state index in [0.717, 1.165) is 47.1 Å². The molecule has 0 amide bonds. The normalized spacial score (nSPS) is 14.1. The number of rotatable bonds is 2. The van der Waals surface area contributed by atoms with E-state index in [1.165, 1.54) is 0 Å². The lowest BCUT2D eigenvalue weighted by Crippen LogP contribution is -2.08. The summed E-state index contributed by atoms with van der Waals surface area (Å²) in [5, 5.41) is 14.1. The van der Waals surface area contributed by atoms with Crippen LogP contribution in [0.4, 0.5) is 0 Å². The second kappa shape index (κ2) is 5.22. The largest absolute Gasteiger partial charge is 0.476 e. The molecule has 1 heterocycles. The molecule has 1 aromatic heterocycles. The molecule has 1 aliphatic rings. The fourth-order valence-corrected chi connectivity index (χ4v) is 3.38. The molecule has 4 nitrogen and oxygen atoms in total. The van der Waals surface area contributed by atoms with Gasteiger partial charge in [0, 0.05) is 15.7 Å². The Bertz CT molecular complexity index is 697. The number of hydrogen-bond acceptors (Lipinski definition) is 2. The van der Waals surface area contributed by atoms with Crippen LogP contribution in [-0.2, 0) is 12.8 Å². The number of aromatic nitrogens is 2. The Hall–Kier alpha value is -1.33. The minimum atomic E-state index is -0.977. The first kappa shape index (κ1) is 13.6. The van der Waals surface area contributed by atoms with Crippen molar-refractivity contribution >= 4 is 33.5 Å². The highest BCUT2D eigenvalue weighted by Gasteiger charge is 2.25. The lowest BCUT2D eigenvalue weighted by molar-refractivity contribution is 0.0688. The van der Waals surface area contributed by atoms with E-state index in [1.54, 1.807) is 10.7 Å². The molecule has 2 aromatic rings. The molecule has 0 atom stereocenters. The third-order valence-corrected chi connectivity index (χ3v) is 4.32. The van der Waals surface area contributed by atoms with Crippen molar-refractivity contribution in [1.82, 2.24) is 9.78 Å². The minimum Gasteiger partial charge on any atom is -0.476 e. The van der Waals surface area contributed by atoms with E-state index in [0.29, 0.717) is 5.02 Å². The molecule has 0 bridgehead atoms. The molecule has 0 fully saturated rings. The molecule has 20 heavy (non-hydrogen) atoms. The van der Waals surface area contributed by atoms with Crippen LogP contribution in [0, 0.1) is 0 Å². The monoisotopic (exact) mass is 354 g/mol. The summed E-state index contributed by atoms with van der Waals surface area (Å²) >= 11 is 9.62. The number of aromatic carboxylic acids is 1. The van der Waals surface area contributed by atoms with Gasteiger partial charge in [0.05, 0.1) is 10.7 Å². The van der Waals surface area contributed by atoms with E-state index in [4.69, 9.17) is 11.6 Å². The van der Waals surface area contributed by atoms with Crippen LogP contribution < -0.4 is 0 Å². The lowest BCUT2D eigenvalue weighted by atomic mass is 9.95. The molecule has 0 unspecified atom stereocenters. The number of carboxylic acids is 1. The van der Waals surface area contributed by atoms with E-state index in [9.17, 15) is 9.90 Å². The fraction of sp³-hybridized carbons (Fsp3) is 0.286. The Balaban J connectivity index is 2.21. The molecule has 6 heteroatoms. The predicted octanol–water partition coefficient (Wildman–Crippen LogP) is 3.87. The van der Waals surface area contributed by atoms with Crippen LogP contribution in [0.5, 0.6) is 0 Å². The summed E-state index contributed by atoms with van der Waals surface area (Å²) < 4.78 is 2.57. The molecular formula is C14H12BrClN2O2. The second-order valence-corrected chi connectivity index (χ2v) is 6.12. The molecule has 104 valence electrons. The van der Waals surface area contributed by atoms with Gasteiger partial charge in [-0.3, -0.25) is 0 Å². The van der Waals surface area contributed by atoms with Crippen molar-refractivity contribution in [2.75, 3.05) is 0 Å². The van der Waals surface area contributed by atoms with Crippen LogP contribution in [0.1, 0.15) is 34.6 Å². The van der Waals surface area contributed by atoms with Crippen molar-refractivity contribution in [3.8, 4) is 5.69 Å². The van der Waals surface area contributed by atoms with Gasteiger partial charge in [-0.2, -0.15) is 5.10 Å². The van der Waals surface area contributed by atoms with Crippen LogP contribution in [0.15, 0.2) is 22.7 Å². The van der Waals surface area contributed by atoms with Gasteiger partial charge >= 0.3 is 5.97 Å². The number of carbonyl (C=O) groups is 1. The van der Waals surface area contributed by atoms with E-state index >= 15 is 0 Å². The fourth-order valence-electron chi connectivity index (χ4n) is 2.62. The second-order valence-electron chi connectivity index (χ2n) is 4.79. The molecule has 1 aliphatic carbocycles. The summed E-state index contributed by atoms with van der Waals surface area (Å²) in [6.45, 7) is 0. The number of benzene rings is 1. The third kappa shape index (κ3) is 2.25. The van der Waals surface area contributed by atoms with Crippen molar-refractivity contribution in [1.29, 1.82) is 0 Å². The van der Waals surface area contributed by atoms with Crippen molar-refractivity contribution in [3.63, 3.8) is 0 Å². The predicted molar refractivity (Wildman–Crippen MR) is 79.9 cm³/mol. The maximum absolute atomic E-state index is 11.3. The van der Waals surface area contributed by atoms with E-state index in [1.807, 2.05) is 12.1 Å². The van der Waals surface area contributed by atoms with Gasteiger partial charge in [0.2, 0.25) is 0 Å². The zero-order valence-corrected chi connectivity index (χ0v) is 12.9. The minimum absolute atomic E-state index is 0.152. The highest BCUT2D eigenvalue weighted by atomic mass is 79.9. The van der Waals surface area contributed by atoms with Gasteiger partial charge in [-0.15, -0.1) is 0 Å². The first-order valence-electron chi connectivity index (χ1n) is 6.37. The van der Waals surface area contributed by atoms with Gasteiger partial charge in [0.25, 0.3) is 0 Å². The topological polar surface area (TPSA) is 55.1 Å². The lowest BCUT2D eigenvalue weighted by Gasteiger charge is -2.14. The number of hydrogen-bond donors (Lipinski definition) is 1. The zero-order valence-electron chi connectivity index (χ0n) is 10.6. The molecule has 0 radical (unpaired) electrons. The van der Waals surface area contributed by atoms with E-state index in [-0.39, 0.29) is 5.69 Å². The maximum Gasteiger partial charge on any atom is 0.356 e. The van der Waals surface area contributed by atoms with Crippen LogP contribution in [-0.4, -0.2) is 20.9 Å². The van der Waals surface area contributed by atoms with Gasteiger partial charge in [-0.1, -0.05) is 27.5 Å². The Labute approximate surface area is 129 Å². The summed E-state index contributed by atoms with van der Waals surface area (Å²) in [4.78, 5) is 11.3. The van der Waals surface area contributed by atoms with E-state index in [2.05, 4.69) is 21.0 Å². The molecule has 0 saturated heterocycles. The van der Waals surface area contributed by atoms with Crippen LogP contribution in [0.3, 0.4) is 0 Å². The van der Waals surface area contributed by atoms with E-state index < -0.39 is 5.97 Å². The van der Waals surface area contributed by atoms with Gasteiger partial charge in [0.1, 0.15) is 0 Å². The third-order valence-electron chi connectivity index (χ3n) is 3.52. The first-order valence-corrected chi connectivity index (χ1v) is 7.54. The summed E-state index contributed by atoms with van der Waals surface area (Å²) in [6.07, 6.45) is 3.66. The smallest absolute Gasteiger partial charge is 0.356 e. The van der Waals surface area contributed by atoms with Crippen molar-refractivity contribution in [2.24, 2.45) is 0 Å². The van der Waals surface area contributed by atoms with Gasteiger partial charge < -0.3 is 5.11 Å². The average Bonchev–Trinajstić information content (AvgIpc) is 2.78. The molecular weight excluding hydrogens is 344 g/mol. The Kier molecular flexibility index (Phi) is 3.56. The average molecular weight is 356 g/mol. The Morgan fingerprint density at radius 3 is 2.80 bits per heavy atom. The molecule has 1 aromatic carbocycles. The highest BCUT2D eigenvalue weighted by molar-refractivity contribution is 9.10. The summed E-state index contributed by atoms with van der Waals surface area (Å²) in [7, 11) is 0. The highest BCUT2D eigenvalue weighted by Crippen LogP contribution is 2.31. The SMILES string of the molecule is O=C(O)c1nn(-c2ccc(Br)cc2Cl)c2c1CCCC2. The molecule has 3 rings (SSSR count). The number of nitrogens with zero attached hydrogens (tertiary/aromatic N) is 2. The molecule has 1 N–H and O–H groups in total. The van der Waals surface area contributed by atoms with Gasteiger partial charge in [-0.05, 0) is 43.9 Å². The summed E-state index contributed by atoms with van der Waals surface area (Å²) in [6, 6.07) is 5.51. The number of fused-ring (bicyclic) bond motifs is 1. The van der Waals surface area contributed by atoms with Crippen molar-refractivity contribution < 1.29 is 9.90 Å². The standard InChI is InChI=1S/C14H12BrClN2O2/c15-8-5-6-12(10(16)7-8)18-11-4-2-1-3-9(11)13(17-18)14(19)20/h5-7H,1-4H2,(H,19,20). The number of carboxylic acid groups (broad SMARTS) is 1. The summed E-state index contributed by atoms with van der Waals surface area (Å²) in [5.41, 5.74) is 2.69. The maximum atomic E-state index is 11.3. The molecule has 0 saturated carbocycles. The zero-order chi connectivity index (χ0) is 14.3. The van der Waals surface area contributed by atoms with Crippen molar-refractivity contribution in [2.45, 2.75) is 25.7 Å². The number of halogens is 2. The van der Waals surface area contributed by atoms with Gasteiger partial charge in [0.15, 0.2) is 5.69 Å². The van der Waals surface area contributed by atoms with Crippen LogP contribution in [0.25, 0.3) is 5.69 Å². The van der Waals surface area contributed by atoms with Gasteiger partial charge in [-0.25, -0.2) is 9.48 Å². The van der Waals surface area contributed by atoms with Crippen LogP contribution in [0.2, 0.25) is 5.02 Å². The Morgan fingerprint density at radius 2 is 2.10 bits per heavy atom. The Morgan fingerprint density at radius 1 is 1.35 bits per heavy atom. The molecule has 0 spiro atoms.